The number of nitrogens with one attached hydrogen (secondary N) is 1. The van der Waals surface area contributed by atoms with Gasteiger partial charge in [0.1, 0.15) is 0 Å². The molecule has 0 aromatic rings. The summed E-state index contributed by atoms with van der Waals surface area (Å²) >= 11 is 0. The van der Waals surface area contributed by atoms with Crippen LogP contribution >= 0.6 is 0 Å². The first kappa shape index (κ1) is 63.6. The van der Waals surface area contributed by atoms with E-state index in [2.05, 4.69) is 31.3 Å². The summed E-state index contributed by atoms with van der Waals surface area (Å²) in [4.78, 5) is 24.5. The Kier molecular flexibility index (Phi) is 54.0. The molecular weight excluding hydrogens is 803 g/mol. The third kappa shape index (κ3) is 51.8. The van der Waals surface area contributed by atoms with Gasteiger partial charge < -0.3 is 20.3 Å². The smallest absolute Gasteiger partial charge is 0.305 e. The van der Waals surface area contributed by atoms with Gasteiger partial charge in [-0.15, -0.1) is 0 Å². The molecule has 3 N–H and O–H groups in total. The van der Waals surface area contributed by atoms with E-state index in [9.17, 15) is 19.8 Å². The number of aliphatic hydroxyl groups is 2. The van der Waals surface area contributed by atoms with Crippen molar-refractivity contribution in [2.45, 2.75) is 341 Å². The number of carbonyl (C=O) groups excluding carboxylic acids is 2. The van der Waals surface area contributed by atoms with Crippen LogP contribution < -0.4 is 5.32 Å². The lowest BCUT2D eigenvalue weighted by Crippen LogP contribution is -2.45. The van der Waals surface area contributed by atoms with E-state index in [1.165, 1.54) is 218 Å². The largest absolute Gasteiger partial charge is 0.466 e. The maximum atomic E-state index is 12.5. The molecule has 0 aliphatic carbocycles. The number of amides is 1. The first-order chi connectivity index (χ1) is 32.0. The van der Waals surface area contributed by atoms with Crippen molar-refractivity contribution in [3.63, 3.8) is 0 Å². The van der Waals surface area contributed by atoms with Gasteiger partial charge in [-0.3, -0.25) is 9.59 Å². The van der Waals surface area contributed by atoms with Crippen LogP contribution in [-0.2, 0) is 14.3 Å². The molecule has 6 nitrogen and oxygen atoms in total. The SMILES string of the molecule is CCCCCCCCCCCCCCCCCCCCCCCCCCC(O)C(CO)NC(=O)CCCCCCC/C=C\CCCCOC(=O)CCCCCCCCCCCCCCC. The molecule has 2 unspecified atom stereocenters. The van der Waals surface area contributed by atoms with Crippen LogP contribution in [-0.4, -0.2) is 47.4 Å². The maximum Gasteiger partial charge on any atom is 0.305 e. The van der Waals surface area contributed by atoms with E-state index in [-0.39, 0.29) is 18.5 Å². The molecule has 65 heavy (non-hydrogen) atoms. The first-order valence-electron chi connectivity index (χ1n) is 29.4. The normalized spacial score (nSPS) is 12.6. The summed E-state index contributed by atoms with van der Waals surface area (Å²) in [6.07, 6.45) is 65.0. The summed E-state index contributed by atoms with van der Waals surface area (Å²) in [7, 11) is 0. The molecular formula is C59H115NO5. The van der Waals surface area contributed by atoms with Gasteiger partial charge in [0, 0.05) is 12.8 Å². The van der Waals surface area contributed by atoms with Gasteiger partial charge in [-0.25, -0.2) is 0 Å². The van der Waals surface area contributed by atoms with Crippen molar-refractivity contribution in [3.8, 4) is 0 Å². The average Bonchev–Trinajstić information content (AvgIpc) is 3.31. The molecule has 6 heteroatoms. The molecule has 0 aromatic heterocycles. The molecule has 0 spiro atoms. The van der Waals surface area contributed by atoms with Gasteiger partial charge in [0.2, 0.25) is 5.91 Å². The predicted molar refractivity (Wildman–Crippen MR) is 283 cm³/mol. The molecule has 0 fully saturated rings. The molecule has 0 saturated heterocycles. The van der Waals surface area contributed by atoms with E-state index >= 15 is 0 Å². The summed E-state index contributed by atoms with van der Waals surface area (Å²) in [5.74, 6) is -0.0885. The summed E-state index contributed by atoms with van der Waals surface area (Å²) < 4.78 is 5.44. The summed E-state index contributed by atoms with van der Waals surface area (Å²) in [6, 6.07) is -0.562. The molecule has 386 valence electrons. The van der Waals surface area contributed by atoms with E-state index in [1.807, 2.05) is 0 Å². The Morgan fingerprint density at radius 2 is 0.723 bits per heavy atom. The number of rotatable bonds is 55. The highest BCUT2D eigenvalue weighted by Crippen LogP contribution is 2.18. The zero-order chi connectivity index (χ0) is 47.2. The van der Waals surface area contributed by atoms with Gasteiger partial charge in [-0.1, -0.05) is 276 Å². The lowest BCUT2D eigenvalue weighted by molar-refractivity contribution is -0.143. The molecule has 2 atom stereocenters. The lowest BCUT2D eigenvalue weighted by atomic mass is 10.0. The number of ether oxygens (including phenoxy) is 1. The summed E-state index contributed by atoms with van der Waals surface area (Å²) in [6.45, 7) is 4.90. The monoisotopic (exact) mass is 918 g/mol. The van der Waals surface area contributed by atoms with Crippen molar-refractivity contribution >= 4 is 11.9 Å². The zero-order valence-electron chi connectivity index (χ0n) is 44.0. The Morgan fingerprint density at radius 3 is 1.09 bits per heavy atom. The van der Waals surface area contributed by atoms with Gasteiger partial charge in [0.25, 0.3) is 0 Å². The quantitative estimate of drug-likeness (QED) is 0.0321. The van der Waals surface area contributed by atoms with Crippen LogP contribution in [0.15, 0.2) is 12.2 Å². The van der Waals surface area contributed by atoms with Crippen molar-refractivity contribution in [1.29, 1.82) is 0 Å². The highest BCUT2D eigenvalue weighted by molar-refractivity contribution is 5.76. The van der Waals surface area contributed by atoms with Gasteiger partial charge in [0.05, 0.1) is 25.4 Å². The number of esters is 1. The van der Waals surface area contributed by atoms with E-state index < -0.39 is 12.1 Å². The second-order valence-corrected chi connectivity index (χ2v) is 20.3. The Bertz CT molecular complexity index is 970. The molecule has 0 rings (SSSR count). The molecule has 0 aromatic carbocycles. The summed E-state index contributed by atoms with van der Waals surface area (Å²) in [5, 5.41) is 23.3. The minimum absolute atomic E-state index is 0.0285. The number of aliphatic hydroxyl groups excluding tert-OH is 2. The Labute approximate surface area is 406 Å². The molecule has 0 bridgehead atoms. The fraction of sp³-hybridized carbons (Fsp3) is 0.932. The van der Waals surface area contributed by atoms with E-state index in [1.54, 1.807) is 0 Å². The zero-order valence-corrected chi connectivity index (χ0v) is 44.0. The number of allylic oxidation sites excluding steroid dienone is 2. The van der Waals surface area contributed by atoms with Crippen LogP contribution in [0.4, 0.5) is 0 Å². The highest BCUT2D eigenvalue weighted by atomic mass is 16.5. The van der Waals surface area contributed by atoms with Crippen molar-refractivity contribution in [2.75, 3.05) is 13.2 Å². The number of carbonyl (C=O) groups is 2. The van der Waals surface area contributed by atoms with Crippen LogP contribution in [0.2, 0.25) is 0 Å². The Balaban J connectivity index is 3.48. The van der Waals surface area contributed by atoms with E-state index in [0.717, 1.165) is 77.0 Å². The summed E-state index contributed by atoms with van der Waals surface area (Å²) in [5.41, 5.74) is 0. The molecule has 0 aliphatic heterocycles. The fourth-order valence-corrected chi connectivity index (χ4v) is 9.28. The third-order valence-corrected chi connectivity index (χ3v) is 13.8. The van der Waals surface area contributed by atoms with Crippen molar-refractivity contribution in [1.82, 2.24) is 5.32 Å². The molecule has 0 heterocycles. The Morgan fingerprint density at radius 1 is 0.415 bits per heavy atom. The van der Waals surface area contributed by atoms with Gasteiger partial charge in [0.15, 0.2) is 0 Å². The van der Waals surface area contributed by atoms with Crippen molar-refractivity contribution in [2.24, 2.45) is 0 Å². The predicted octanol–water partition coefficient (Wildman–Crippen LogP) is 18.1. The van der Waals surface area contributed by atoms with Crippen LogP contribution in [0.5, 0.6) is 0 Å². The standard InChI is InChI=1S/C59H115NO5/c1-3-5-7-9-11-13-15-17-18-19-20-21-22-23-24-25-26-27-29-31-35-39-43-47-51-57(62)56(55-61)60-58(63)52-48-44-40-36-32-30-34-38-42-46-50-54-65-59(64)53-49-45-41-37-33-28-16-14-12-10-8-6-4-2/h34,38,56-57,61-62H,3-33,35-37,39-55H2,1-2H3,(H,60,63)/b38-34-. The third-order valence-electron chi connectivity index (χ3n) is 13.8. The van der Waals surface area contributed by atoms with Crippen LogP contribution in [0, 0.1) is 0 Å². The fourth-order valence-electron chi connectivity index (χ4n) is 9.28. The van der Waals surface area contributed by atoms with Crippen LogP contribution in [0.1, 0.15) is 328 Å². The molecule has 0 radical (unpaired) electrons. The first-order valence-corrected chi connectivity index (χ1v) is 29.4. The number of unbranched alkanes of at least 4 members (excludes halogenated alkanes) is 42. The second kappa shape index (κ2) is 55.2. The van der Waals surface area contributed by atoms with Crippen molar-refractivity contribution in [3.05, 3.63) is 12.2 Å². The second-order valence-electron chi connectivity index (χ2n) is 20.3. The van der Waals surface area contributed by atoms with Crippen LogP contribution in [0.3, 0.4) is 0 Å². The average molecular weight is 919 g/mol. The lowest BCUT2D eigenvalue weighted by Gasteiger charge is -2.22. The topological polar surface area (TPSA) is 95.9 Å². The highest BCUT2D eigenvalue weighted by Gasteiger charge is 2.20. The minimum Gasteiger partial charge on any atom is -0.466 e. The van der Waals surface area contributed by atoms with Gasteiger partial charge >= 0.3 is 5.97 Å². The molecule has 1 amide bonds. The van der Waals surface area contributed by atoms with Crippen LogP contribution in [0.25, 0.3) is 0 Å². The molecule has 0 aliphatic rings. The van der Waals surface area contributed by atoms with E-state index in [0.29, 0.717) is 25.9 Å². The maximum absolute atomic E-state index is 12.5. The van der Waals surface area contributed by atoms with Crippen molar-refractivity contribution < 1.29 is 24.5 Å². The van der Waals surface area contributed by atoms with E-state index in [4.69, 9.17) is 4.74 Å². The minimum atomic E-state index is -0.682. The van der Waals surface area contributed by atoms with Gasteiger partial charge in [-0.2, -0.15) is 0 Å². The number of hydrogen-bond donors (Lipinski definition) is 3. The molecule has 0 saturated carbocycles. The van der Waals surface area contributed by atoms with Gasteiger partial charge in [-0.05, 0) is 51.4 Å². The number of hydrogen-bond acceptors (Lipinski definition) is 5. The Hall–Kier alpha value is -1.40.